The van der Waals surface area contributed by atoms with Gasteiger partial charge in [0.25, 0.3) is 0 Å². The molecule has 5 aromatic rings. The van der Waals surface area contributed by atoms with Crippen molar-refractivity contribution in [2.24, 2.45) is 9.98 Å². The van der Waals surface area contributed by atoms with Crippen molar-refractivity contribution in [3.05, 3.63) is 119 Å². The number of para-hydroxylation sites is 3. The minimum atomic E-state index is -0.405. The first kappa shape index (κ1) is 23.7. The second-order valence-corrected chi connectivity index (χ2v) is 9.97. The zero-order valence-corrected chi connectivity index (χ0v) is 21.9. The van der Waals surface area contributed by atoms with E-state index in [9.17, 15) is 10.2 Å². The van der Waals surface area contributed by atoms with Gasteiger partial charge in [0, 0.05) is 11.3 Å². The molecule has 4 aromatic carbocycles. The quantitative estimate of drug-likeness (QED) is 0.227. The zero-order chi connectivity index (χ0) is 27.4. The predicted octanol–water partition coefficient (Wildman–Crippen LogP) is 6.70. The molecule has 1 aromatic heterocycles. The molecule has 0 unspecified atom stereocenters. The lowest BCUT2D eigenvalue weighted by Gasteiger charge is -2.40. The minimum absolute atomic E-state index is 0.173. The van der Waals surface area contributed by atoms with Crippen LogP contribution in [0.4, 0.5) is 22.9 Å². The number of rotatable bonds is 3. The number of anilines is 2. The number of nitrogens with one attached hydrogen (secondary N) is 1. The Bertz CT molecular complexity index is 1840. The van der Waals surface area contributed by atoms with Gasteiger partial charge in [-0.25, -0.2) is 14.7 Å². The number of aliphatic imine (C=N–C) groups is 2. The molecule has 0 aliphatic carbocycles. The Morgan fingerprint density at radius 3 is 2.38 bits per heavy atom. The van der Waals surface area contributed by atoms with Crippen LogP contribution >= 0.6 is 0 Å². The molecule has 0 saturated carbocycles. The Labute approximate surface area is 231 Å². The van der Waals surface area contributed by atoms with Crippen LogP contribution in [0, 0.1) is 13.8 Å². The summed E-state index contributed by atoms with van der Waals surface area (Å²) in [6.45, 7) is 4.02. The smallest absolute Gasteiger partial charge is 0.179 e. The molecule has 0 saturated heterocycles. The van der Waals surface area contributed by atoms with E-state index in [1.54, 1.807) is 6.07 Å². The summed E-state index contributed by atoms with van der Waals surface area (Å²) < 4.78 is 1.85. The molecule has 0 spiro atoms. The maximum Gasteiger partial charge on any atom is 0.179 e. The number of aryl methyl sites for hydroxylation is 2. The standard InChI is InChI=1S/C32H26N6O2/c1-19-9-8-10-22(17-19)33-30-32-35-31-28(20(2)36-38(31)23-11-4-3-5-12-23)29(21-15-16-26(39)27(40)18-21)37(32)25-14-7-6-13-24(25)34-30/h3-18,29,39-40H,1-2H3,(H,33,34)/t29-/m0/s1. The van der Waals surface area contributed by atoms with Crippen molar-refractivity contribution in [2.75, 3.05) is 10.2 Å². The fraction of sp³-hybridized carbons (Fsp3) is 0.0938. The number of fused-ring (bicyclic) bond motifs is 4. The number of benzene rings is 4. The lowest BCUT2D eigenvalue weighted by molar-refractivity contribution is 0.403. The van der Waals surface area contributed by atoms with Gasteiger partial charge >= 0.3 is 0 Å². The van der Waals surface area contributed by atoms with Gasteiger partial charge < -0.3 is 20.4 Å². The monoisotopic (exact) mass is 526 g/mol. The highest BCUT2D eigenvalue weighted by Crippen LogP contribution is 2.49. The van der Waals surface area contributed by atoms with Gasteiger partial charge in [-0.2, -0.15) is 5.10 Å². The lowest BCUT2D eigenvalue weighted by Crippen LogP contribution is -2.46. The normalized spacial score (nSPS) is 15.4. The average molecular weight is 527 g/mol. The summed E-state index contributed by atoms with van der Waals surface area (Å²) in [5.41, 5.74) is 7.09. The minimum Gasteiger partial charge on any atom is -0.504 e. The largest absolute Gasteiger partial charge is 0.504 e. The molecule has 40 heavy (non-hydrogen) atoms. The van der Waals surface area contributed by atoms with Crippen LogP contribution in [0.3, 0.4) is 0 Å². The number of hydrogen-bond donors (Lipinski definition) is 3. The van der Waals surface area contributed by atoms with Crippen molar-refractivity contribution in [2.45, 2.75) is 19.9 Å². The van der Waals surface area contributed by atoms with E-state index in [-0.39, 0.29) is 11.5 Å². The predicted molar refractivity (Wildman–Crippen MR) is 158 cm³/mol. The van der Waals surface area contributed by atoms with Gasteiger partial charge in [0.05, 0.1) is 28.8 Å². The first-order chi connectivity index (χ1) is 19.5. The SMILES string of the molecule is Cc1cccc(NC2=Nc3ccccc3N3C2=Nc2c(c(C)nn2-c2ccccc2)[C@@H]3c2ccc(O)c(O)c2)c1. The topological polar surface area (TPSA) is 98.3 Å². The molecule has 1 atom stereocenters. The van der Waals surface area contributed by atoms with Crippen LogP contribution in [0.5, 0.6) is 11.5 Å². The maximum absolute atomic E-state index is 10.5. The number of hydrogen-bond acceptors (Lipinski definition) is 7. The van der Waals surface area contributed by atoms with E-state index in [4.69, 9.17) is 15.1 Å². The highest BCUT2D eigenvalue weighted by Gasteiger charge is 2.41. The third kappa shape index (κ3) is 3.80. The van der Waals surface area contributed by atoms with Crippen molar-refractivity contribution in [3.8, 4) is 17.2 Å². The Hall–Kier alpha value is -5.37. The van der Waals surface area contributed by atoms with E-state index >= 15 is 0 Å². The Morgan fingerprint density at radius 2 is 1.57 bits per heavy atom. The van der Waals surface area contributed by atoms with E-state index in [1.807, 2.05) is 97.4 Å². The van der Waals surface area contributed by atoms with Gasteiger partial charge in [0.15, 0.2) is 29.0 Å². The van der Waals surface area contributed by atoms with Crippen molar-refractivity contribution in [3.63, 3.8) is 0 Å². The van der Waals surface area contributed by atoms with Gasteiger partial charge in [-0.3, -0.25) is 0 Å². The number of amidine groups is 2. The lowest BCUT2D eigenvalue weighted by atomic mass is 9.93. The summed E-state index contributed by atoms with van der Waals surface area (Å²) in [5.74, 6) is 1.55. The van der Waals surface area contributed by atoms with E-state index in [1.165, 1.54) is 6.07 Å². The highest BCUT2D eigenvalue weighted by molar-refractivity contribution is 6.51. The number of phenolic OH excluding ortho intramolecular Hbond substituents is 2. The third-order valence-corrected chi connectivity index (χ3v) is 7.24. The van der Waals surface area contributed by atoms with Crippen LogP contribution in [0.15, 0.2) is 107 Å². The fourth-order valence-electron chi connectivity index (χ4n) is 5.43. The Morgan fingerprint density at radius 1 is 0.775 bits per heavy atom. The Balaban J connectivity index is 1.51. The van der Waals surface area contributed by atoms with Gasteiger partial charge in [-0.1, -0.05) is 48.5 Å². The van der Waals surface area contributed by atoms with E-state index in [0.29, 0.717) is 17.5 Å². The third-order valence-electron chi connectivity index (χ3n) is 7.24. The van der Waals surface area contributed by atoms with Crippen LogP contribution < -0.4 is 10.2 Å². The number of aromatic hydroxyl groups is 2. The van der Waals surface area contributed by atoms with Crippen LogP contribution in [-0.2, 0) is 0 Å². The molecule has 0 bridgehead atoms. The second kappa shape index (κ2) is 9.13. The molecule has 196 valence electrons. The highest BCUT2D eigenvalue weighted by atomic mass is 16.3. The van der Waals surface area contributed by atoms with Gasteiger partial charge in [-0.15, -0.1) is 0 Å². The van der Waals surface area contributed by atoms with Crippen LogP contribution in [0.2, 0.25) is 0 Å². The van der Waals surface area contributed by atoms with Gasteiger partial charge in [-0.05, 0) is 73.5 Å². The molecule has 0 radical (unpaired) electrons. The molecule has 8 heteroatoms. The average Bonchev–Trinajstić information content (AvgIpc) is 3.30. The van der Waals surface area contributed by atoms with Crippen molar-refractivity contribution in [1.29, 1.82) is 0 Å². The van der Waals surface area contributed by atoms with Crippen molar-refractivity contribution in [1.82, 2.24) is 9.78 Å². The van der Waals surface area contributed by atoms with Crippen molar-refractivity contribution >= 4 is 34.6 Å². The second-order valence-electron chi connectivity index (χ2n) is 9.97. The van der Waals surface area contributed by atoms with Crippen LogP contribution in [-0.4, -0.2) is 31.7 Å². The summed E-state index contributed by atoms with van der Waals surface area (Å²) in [5, 5.41) is 29.1. The molecule has 0 amide bonds. The van der Waals surface area contributed by atoms with E-state index < -0.39 is 6.04 Å². The van der Waals surface area contributed by atoms with E-state index in [2.05, 4.69) is 16.3 Å². The molecule has 0 fully saturated rings. The van der Waals surface area contributed by atoms with Crippen LogP contribution in [0.25, 0.3) is 5.69 Å². The first-order valence-corrected chi connectivity index (χ1v) is 13.0. The number of aromatic nitrogens is 2. The molecule has 2 aliphatic rings. The molecule has 3 N–H and O–H groups in total. The molecular weight excluding hydrogens is 500 g/mol. The molecule has 8 nitrogen and oxygen atoms in total. The van der Waals surface area contributed by atoms with Crippen LogP contribution in [0.1, 0.15) is 28.4 Å². The summed E-state index contributed by atoms with van der Waals surface area (Å²) >= 11 is 0. The van der Waals surface area contributed by atoms with E-state index in [0.717, 1.165) is 45.1 Å². The zero-order valence-electron chi connectivity index (χ0n) is 21.9. The first-order valence-electron chi connectivity index (χ1n) is 13.0. The Kier molecular flexibility index (Phi) is 5.41. The molecule has 3 heterocycles. The molecule has 7 rings (SSSR count). The summed E-state index contributed by atoms with van der Waals surface area (Å²) in [4.78, 5) is 12.4. The fourth-order valence-corrected chi connectivity index (χ4v) is 5.43. The van der Waals surface area contributed by atoms with Gasteiger partial charge in [0.2, 0.25) is 0 Å². The molecule has 2 aliphatic heterocycles. The summed E-state index contributed by atoms with van der Waals surface area (Å²) in [6, 6.07) is 30.5. The molecular formula is C32H26N6O2. The number of nitrogens with zero attached hydrogens (tertiary/aromatic N) is 5. The van der Waals surface area contributed by atoms with Gasteiger partial charge in [0.1, 0.15) is 0 Å². The summed E-state index contributed by atoms with van der Waals surface area (Å²) in [6.07, 6.45) is 0. The maximum atomic E-state index is 10.5. The summed E-state index contributed by atoms with van der Waals surface area (Å²) in [7, 11) is 0. The van der Waals surface area contributed by atoms with Crippen molar-refractivity contribution < 1.29 is 10.2 Å². The number of phenols is 2.